The number of amides is 1. The molecular formula is C17H19N3O3. The van der Waals surface area contributed by atoms with Gasteiger partial charge >= 0.3 is 0 Å². The molecule has 1 atom stereocenters. The van der Waals surface area contributed by atoms with E-state index in [0.717, 1.165) is 12.2 Å². The van der Waals surface area contributed by atoms with E-state index in [1.54, 1.807) is 12.3 Å². The van der Waals surface area contributed by atoms with Gasteiger partial charge in [0.2, 0.25) is 0 Å². The maximum Gasteiger partial charge on any atom is 0.254 e. The van der Waals surface area contributed by atoms with E-state index in [1.807, 2.05) is 36.4 Å². The lowest BCUT2D eigenvalue weighted by Crippen LogP contribution is -2.45. The second-order valence-corrected chi connectivity index (χ2v) is 5.19. The molecule has 0 saturated carbocycles. The van der Waals surface area contributed by atoms with Crippen molar-refractivity contribution in [2.45, 2.75) is 12.7 Å². The highest BCUT2D eigenvalue weighted by atomic mass is 16.5. The number of nitrogens with zero attached hydrogens (tertiary/aromatic N) is 1. The van der Waals surface area contributed by atoms with Crippen LogP contribution in [0.5, 0.6) is 5.75 Å². The fraction of sp³-hybridized carbons (Fsp3) is 0.294. The van der Waals surface area contributed by atoms with Crippen molar-refractivity contribution in [3.05, 3.63) is 54.4 Å². The van der Waals surface area contributed by atoms with Crippen LogP contribution in [0, 0.1) is 0 Å². The number of rotatable bonds is 5. The summed E-state index contributed by atoms with van der Waals surface area (Å²) in [5, 5.41) is 5.98. The van der Waals surface area contributed by atoms with Gasteiger partial charge in [-0.1, -0.05) is 12.1 Å². The minimum absolute atomic E-state index is 0.154. The summed E-state index contributed by atoms with van der Waals surface area (Å²) in [4.78, 5) is 16.3. The molecule has 6 heteroatoms. The van der Waals surface area contributed by atoms with Gasteiger partial charge in [0.05, 0.1) is 12.3 Å². The second kappa shape index (κ2) is 7.71. The summed E-state index contributed by atoms with van der Waals surface area (Å²) in [6.45, 7) is 2.24. The Bertz CT molecular complexity index is 643. The summed E-state index contributed by atoms with van der Waals surface area (Å²) in [6.07, 6.45) is 1.27. The summed E-state index contributed by atoms with van der Waals surface area (Å²) >= 11 is 0. The van der Waals surface area contributed by atoms with Crippen molar-refractivity contribution in [1.82, 2.24) is 10.3 Å². The number of pyridine rings is 1. The first kappa shape index (κ1) is 15.5. The molecule has 120 valence electrons. The third-order valence-corrected chi connectivity index (χ3v) is 3.43. The van der Waals surface area contributed by atoms with E-state index < -0.39 is 6.10 Å². The zero-order valence-corrected chi connectivity index (χ0v) is 12.7. The SMILES string of the molecule is O=C(Nc1cccc(OCc2ccccn2)c1)C1CNCCO1. The standard InChI is InChI=1S/C17H19N3O3/c21-17(16-11-18-8-9-22-16)20-13-5-3-6-15(10-13)23-12-14-4-1-2-7-19-14/h1-7,10,16,18H,8-9,11-12H2,(H,20,21). The van der Waals surface area contributed by atoms with E-state index in [4.69, 9.17) is 9.47 Å². The number of anilines is 1. The lowest BCUT2D eigenvalue weighted by Gasteiger charge is -2.22. The van der Waals surface area contributed by atoms with Gasteiger partial charge in [-0.3, -0.25) is 9.78 Å². The van der Waals surface area contributed by atoms with Crippen LogP contribution in [0.1, 0.15) is 5.69 Å². The van der Waals surface area contributed by atoms with Crippen LogP contribution in [0.2, 0.25) is 0 Å². The Morgan fingerprint density at radius 2 is 2.30 bits per heavy atom. The number of nitrogens with one attached hydrogen (secondary N) is 2. The Hall–Kier alpha value is -2.44. The summed E-state index contributed by atoms with van der Waals surface area (Å²) in [7, 11) is 0. The number of ether oxygens (including phenoxy) is 2. The zero-order chi connectivity index (χ0) is 15.9. The molecule has 6 nitrogen and oxygen atoms in total. The number of morpholine rings is 1. The quantitative estimate of drug-likeness (QED) is 0.877. The lowest BCUT2D eigenvalue weighted by atomic mass is 10.2. The van der Waals surface area contributed by atoms with Crippen LogP contribution >= 0.6 is 0 Å². The van der Waals surface area contributed by atoms with Crippen LogP contribution in [0.4, 0.5) is 5.69 Å². The molecule has 0 spiro atoms. The Morgan fingerprint density at radius 3 is 3.09 bits per heavy atom. The number of benzene rings is 1. The monoisotopic (exact) mass is 313 g/mol. The predicted molar refractivity (Wildman–Crippen MR) is 86.3 cm³/mol. The maximum atomic E-state index is 12.1. The first-order valence-corrected chi connectivity index (χ1v) is 7.57. The van der Waals surface area contributed by atoms with Crippen molar-refractivity contribution in [1.29, 1.82) is 0 Å². The molecule has 2 aromatic rings. The summed E-state index contributed by atoms with van der Waals surface area (Å²) in [5.41, 5.74) is 1.53. The molecule has 1 fully saturated rings. The molecule has 1 amide bonds. The summed E-state index contributed by atoms with van der Waals surface area (Å²) < 4.78 is 11.1. The van der Waals surface area contributed by atoms with Crippen LogP contribution in [-0.2, 0) is 16.1 Å². The van der Waals surface area contributed by atoms with Gasteiger partial charge in [0.1, 0.15) is 18.5 Å². The number of aromatic nitrogens is 1. The molecule has 2 N–H and O–H groups in total. The topological polar surface area (TPSA) is 72.5 Å². The molecule has 0 bridgehead atoms. The van der Waals surface area contributed by atoms with E-state index in [9.17, 15) is 4.79 Å². The van der Waals surface area contributed by atoms with Crippen LogP contribution in [0.3, 0.4) is 0 Å². The number of hydrogen-bond acceptors (Lipinski definition) is 5. The van der Waals surface area contributed by atoms with Crippen LogP contribution in [0.15, 0.2) is 48.7 Å². The lowest BCUT2D eigenvalue weighted by molar-refractivity contribution is -0.128. The van der Waals surface area contributed by atoms with Crippen LogP contribution in [-0.4, -0.2) is 36.7 Å². The minimum Gasteiger partial charge on any atom is -0.487 e. The minimum atomic E-state index is -0.457. The van der Waals surface area contributed by atoms with E-state index in [1.165, 1.54) is 0 Å². The molecule has 1 aliphatic rings. The molecule has 0 radical (unpaired) electrons. The Labute approximate surface area is 134 Å². The Kier molecular flexibility index (Phi) is 5.18. The summed E-state index contributed by atoms with van der Waals surface area (Å²) in [6, 6.07) is 13.0. The van der Waals surface area contributed by atoms with Crippen molar-refractivity contribution in [3.63, 3.8) is 0 Å². The highest BCUT2D eigenvalue weighted by molar-refractivity contribution is 5.94. The number of carbonyl (C=O) groups excluding carboxylic acids is 1. The molecule has 1 aromatic heterocycles. The van der Waals surface area contributed by atoms with Gasteiger partial charge in [0.15, 0.2) is 0 Å². The first-order chi connectivity index (χ1) is 11.3. The second-order valence-electron chi connectivity index (χ2n) is 5.19. The van der Waals surface area contributed by atoms with Crippen LogP contribution in [0.25, 0.3) is 0 Å². The molecule has 3 rings (SSSR count). The number of hydrogen-bond donors (Lipinski definition) is 2. The summed E-state index contributed by atoms with van der Waals surface area (Å²) in [5.74, 6) is 0.523. The van der Waals surface area contributed by atoms with Crippen molar-refractivity contribution in [2.75, 3.05) is 25.0 Å². The molecule has 0 aliphatic carbocycles. The van der Waals surface area contributed by atoms with Crippen molar-refractivity contribution in [2.24, 2.45) is 0 Å². The smallest absolute Gasteiger partial charge is 0.254 e. The van der Waals surface area contributed by atoms with Crippen molar-refractivity contribution in [3.8, 4) is 5.75 Å². The molecule has 1 aliphatic heterocycles. The Balaban J connectivity index is 1.57. The molecule has 1 saturated heterocycles. The zero-order valence-electron chi connectivity index (χ0n) is 12.7. The molecule has 23 heavy (non-hydrogen) atoms. The van der Waals surface area contributed by atoms with Gasteiger partial charge in [-0.2, -0.15) is 0 Å². The first-order valence-electron chi connectivity index (χ1n) is 7.57. The van der Waals surface area contributed by atoms with Gasteiger partial charge in [0.25, 0.3) is 5.91 Å². The largest absolute Gasteiger partial charge is 0.487 e. The number of carbonyl (C=O) groups is 1. The van der Waals surface area contributed by atoms with Gasteiger partial charge in [-0.25, -0.2) is 0 Å². The van der Waals surface area contributed by atoms with E-state index in [-0.39, 0.29) is 5.91 Å². The highest BCUT2D eigenvalue weighted by Crippen LogP contribution is 2.18. The van der Waals surface area contributed by atoms with E-state index in [2.05, 4.69) is 15.6 Å². The van der Waals surface area contributed by atoms with Gasteiger partial charge in [0, 0.05) is 31.0 Å². The average molecular weight is 313 g/mol. The maximum absolute atomic E-state index is 12.1. The molecule has 1 unspecified atom stereocenters. The molecular weight excluding hydrogens is 294 g/mol. The third kappa shape index (κ3) is 4.51. The average Bonchev–Trinajstić information content (AvgIpc) is 2.62. The van der Waals surface area contributed by atoms with Crippen LogP contribution < -0.4 is 15.4 Å². The van der Waals surface area contributed by atoms with Crippen molar-refractivity contribution >= 4 is 11.6 Å². The third-order valence-electron chi connectivity index (χ3n) is 3.43. The normalized spacial score (nSPS) is 17.5. The van der Waals surface area contributed by atoms with Crippen molar-refractivity contribution < 1.29 is 14.3 Å². The fourth-order valence-electron chi connectivity index (χ4n) is 2.26. The van der Waals surface area contributed by atoms with Gasteiger partial charge in [-0.05, 0) is 24.3 Å². The fourth-order valence-corrected chi connectivity index (χ4v) is 2.26. The highest BCUT2D eigenvalue weighted by Gasteiger charge is 2.21. The van der Waals surface area contributed by atoms with Gasteiger partial charge in [-0.15, -0.1) is 0 Å². The predicted octanol–water partition coefficient (Wildman–Crippen LogP) is 1.59. The molecule has 2 heterocycles. The molecule has 1 aromatic carbocycles. The van der Waals surface area contributed by atoms with E-state index >= 15 is 0 Å². The van der Waals surface area contributed by atoms with Gasteiger partial charge < -0.3 is 20.1 Å². The van der Waals surface area contributed by atoms with E-state index in [0.29, 0.717) is 31.2 Å². The Morgan fingerprint density at radius 1 is 1.35 bits per heavy atom.